The molecule has 0 amide bonds. The van der Waals surface area contributed by atoms with Crippen LogP contribution in [-0.4, -0.2) is 22.9 Å². The molecular weight excluding hydrogens is 605 g/mol. The van der Waals surface area contributed by atoms with E-state index in [1.165, 1.54) is 44.6 Å². The summed E-state index contributed by atoms with van der Waals surface area (Å²) in [5.41, 5.74) is 5.11. The lowest BCUT2D eigenvalue weighted by Gasteiger charge is -2.16. The highest BCUT2D eigenvalue weighted by atomic mass is 79.9. The summed E-state index contributed by atoms with van der Waals surface area (Å²) in [6.07, 6.45) is 8.52. The molecule has 0 spiro atoms. The maximum Gasteiger partial charge on any atom is 0.485 e. The Kier molecular flexibility index (Phi) is 7.85. The molecule has 5 nitrogen and oxygen atoms in total. The summed E-state index contributed by atoms with van der Waals surface area (Å²) >= 11 is 3.68. The molecule has 2 heterocycles. The summed E-state index contributed by atoms with van der Waals surface area (Å²) in [7, 11) is -6.09. The molecule has 0 aliphatic heterocycles. The summed E-state index contributed by atoms with van der Waals surface area (Å²) in [5, 5.41) is 0. The van der Waals surface area contributed by atoms with Gasteiger partial charge in [-0.25, -0.2) is 13.0 Å². The second-order valence-electron chi connectivity index (χ2n) is 9.52. The Labute approximate surface area is 238 Å². The van der Waals surface area contributed by atoms with Crippen molar-refractivity contribution >= 4 is 31.6 Å². The normalized spacial score (nSPS) is 13.4. The average molecular weight is 629 g/mol. The Morgan fingerprint density at radius 1 is 0.800 bits per heavy atom. The van der Waals surface area contributed by atoms with Crippen LogP contribution in [0, 0.1) is 0 Å². The van der Waals surface area contributed by atoms with Crippen molar-refractivity contribution in [2.24, 2.45) is 0 Å². The molecule has 0 fully saturated rings. The molecule has 0 N–H and O–H groups in total. The van der Waals surface area contributed by atoms with Crippen molar-refractivity contribution in [2.75, 3.05) is 0 Å². The van der Waals surface area contributed by atoms with Crippen LogP contribution in [0.4, 0.5) is 13.2 Å². The van der Waals surface area contributed by atoms with Gasteiger partial charge in [0.2, 0.25) is 0 Å². The van der Waals surface area contributed by atoms with Crippen LogP contribution in [-0.2, 0) is 35.8 Å². The average Bonchev–Trinajstić information content (AvgIpc) is 3.35. The monoisotopic (exact) mass is 628 g/mol. The number of hydrogen-bond acceptors (Lipinski definition) is 3. The van der Waals surface area contributed by atoms with Crippen molar-refractivity contribution in [1.29, 1.82) is 0 Å². The molecule has 3 aromatic carbocycles. The van der Waals surface area contributed by atoms with Gasteiger partial charge in [-0.3, -0.25) is 0 Å². The highest BCUT2D eigenvalue weighted by molar-refractivity contribution is 9.10. The van der Waals surface area contributed by atoms with Gasteiger partial charge in [-0.1, -0.05) is 66.7 Å². The van der Waals surface area contributed by atoms with E-state index in [1.807, 2.05) is 0 Å². The van der Waals surface area contributed by atoms with Crippen LogP contribution in [0.1, 0.15) is 22.3 Å². The number of benzene rings is 3. The van der Waals surface area contributed by atoms with Crippen molar-refractivity contribution in [3.05, 3.63) is 124 Å². The fraction of sp³-hybridized carbons (Fsp3) is 0.167. The van der Waals surface area contributed by atoms with E-state index in [0.29, 0.717) is 0 Å². The topological polar surface area (TPSA) is 65.5 Å². The van der Waals surface area contributed by atoms with Crippen LogP contribution in [0.25, 0.3) is 22.3 Å². The second-order valence-corrected chi connectivity index (χ2v) is 11.7. The minimum atomic E-state index is -6.09. The summed E-state index contributed by atoms with van der Waals surface area (Å²) in [6.45, 7) is 0. The zero-order chi connectivity index (χ0) is 28.5. The molecule has 0 saturated heterocycles. The van der Waals surface area contributed by atoms with Crippen LogP contribution < -0.4 is 4.57 Å². The van der Waals surface area contributed by atoms with Crippen LogP contribution in [0.2, 0.25) is 0 Å². The number of pyridine rings is 1. The Bertz CT molecular complexity index is 1790. The highest BCUT2D eigenvalue weighted by Gasteiger charge is 2.36. The van der Waals surface area contributed by atoms with Gasteiger partial charge in [0, 0.05) is 0 Å². The predicted molar refractivity (Wildman–Crippen MR) is 149 cm³/mol. The van der Waals surface area contributed by atoms with Gasteiger partial charge < -0.3 is 4.55 Å². The molecular formula is C30H24BrF3N2O3S. The number of imidazole rings is 1. The van der Waals surface area contributed by atoms with E-state index >= 15 is 0 Å². The van der Waals surface area contributed by atoms with Gasteiger partial charge in [0.25, 0.3) is 6.33 Å². The number of aryl methyl sites for hydroxylation is 4. The van der Waals surface area contributed by atoms with Crippen molar-refractivity contribution in [2.45, 2.75) is 31.2 Å². The Morgan fingerprint density at radius 2 is 1.43 bits per heavy atom. The lowest BCUT2D eigenvalue weighted by Crippen LogP contribution is -2.29. The molecule has 0 unspecified atom stereocenters. The Morgan fingerprint density at radius 3 is 2.08 bits per heavy atom. The van der Waals surface area contributed by atoms with Crippen LogP contribution in [0.3, 0.4) is 0 Å². The smallest absolute Gasteiger partial charge is 0.485 e. The molecule has 40 heavy (non-hydrogen) atoms. The van der Waals surface area contributed by atoms with Gasteiger partial charge >= 0.3 is 5.51 Å². The third-order valence-corrected chi connectivity index (χ3v) is 8.07. The van der Waals surface area contributed by atoms with Gasteiger partial charge in [0.05, 0.1) is 0 Å². The van der Waals surface area contributed by atoms with Crippen LogP contribution in [0.5, 0.6) is 0 Å². The first-order valence-electron chi connectivity index (χ1n) is 12.5. The predicted octanol–water partition coefficient (Wildman–Crippen LogP) is 6.58. The first-order chi connectivity index (χ1) is 19.0. The molecule has 0 atom stereocenters. The maximum atomic E-state index is 10.7. The molecule has 2 aromatic heterocycles. The quantitative estimate of drug-likeness (QED) is 0.0960. The van der Waals surface area contributed by atoms with Gasteiger partial charge in [-0.2, -0.15) is 17.6 Å². The van der Waals surface area contributed by atoms with Gasteiger partial charge in [-0.15, -0.1) is 0 Å². The fourth-order valence-electron chi connectivity index (χ4n) is 4.83. The lowest BCUT2D eigenvalue weighted by molar-refractivity contribution is -0.594. The van der Waals surface area contributed by atoms with E-state index in [0.717, 1.165) is 30.3 Å². The number of halogens is 4. The number of hydrogen-bond donors (Lipinski definition) is 0. The largest absolute Gasteiger partial charge is 0.741 e. The van der Waals surface area contributed by atoms with Crippen LogP contribution >= 0.6 is 15.9 Å². The number of nitrogens with zero attached hydrogens (tertiary/aromatic N) is 2. The molecule has 10 heteroatoms. The second kappa shape index (κ2) is 11.2. The number of rotatable bonds is 2. The van der Waals surface area contributed by atoms with Crippen LogP contribution in [0.15, 0.2) is 102 Å². The minimum absolute atomic E-state index is 1.01. The molecule has 0 radical (unpaired) electrons. The van der Waals surface area contributed by atoms with E-state index in [-0.39, 0.29) is 0 Å². The van der Waals surface area contributed by atoms with E-state index in [1.54, 1.807) is 0 Å². The fourth-order valence-corrected chi connectivity index (χ4v) is 5.28. The van der Waals surface area contributed by atoms with Gasteiger partial charge in [0.15, 0.2) is 20.2 Å². The Hall–Kier alpha value is -3.47. The zero-order valence-corrected chi connectivity index (χ0v) is 23.5. The van der Waals surface area contributed by atoms with E-state index in [2.05, 4.69) is 122 Å². The SMILES string of the molecule is Brc1cccc2c[n+](-c3cc4ccc3CCc3ccc(cc3-c3ccccc3)CC4)cn12.O=S(=O)([O-])C(F)(F)F. The molecule has 4 aliphatic carbocycles. The number of alkyl halides is 3. The van der Waals surface area contributed by atoms with Crippen molar-refractivity contribution in [3.8, 4) is 16.8 Å². The number of aromatic nitrogens is 2. The van der Waals surface area contributed by atoms with Gasteiger partial charge in [0.1, 0.15) is 11.9 Å². The summed E-state index contributed by atoms with van der Waals surface area (Å²) in [6, 6.07) is 31.3. The molecule has 206 valence electrons. The molecule has 5 aromatic rings. The van der Waals surface area contributed by atoms with Gasteiger partial charge in [-0.05, 0) is 93.2 Å². The lowest BCUT2D eigenvalue weighted by atomic mass is 9.90. The van der Waals surface area contributed by atoms with Crippen molar-refractivity contribution in [1.82, 2.24) is 4.40 Å². The minimum Gasteiger partial charge on any atom is -0.741 e. The first-order valence-corrected chi connectivity index (χ1v) is 14.7. The zero-order valence-electron chi connectivity index (χ0n) is 21.1. The summed E-state index contributed by atoms with van der Waals surface area (Å²) < 4.78 is 64.4. The van der Waals surface area contributed by atoms with Crippen molar-refractivity contribution in [3.63, 3.8) is 0 Å². The maximum absolute atomic E-state index is 10.7. The Balaban J connectivity index is 0.000000355. The molecule has 9 rings (SSSR count). The summed E-state index contributed by atoms with van der Waals surface area (Å²) in [5.74, 6) is 0. The highest BCUT2D eigenvalue weighted by Crippen LogP contribution is 2.29. The van der Waals surface area contributed by atoms with E-state index < -0.39 is 15.6 Å². The standard InChI is InChI=1S/C29H24BrN2.CHF3O3S/c30-29-8-4-7-26-19-31(20-32(26)29)28-18-22-10-9-21-11-13-24(15-16-25(28)14-12-22)27(17-21)23-5-2-1-3-6-23;2-1(3,4)8(5,6)7/h1-8,11-14,17-20H,9-10,15-16H2;(H,5,6,7)/q+1;/p-1. The number of fused-ring (bicyclic) bond motifs is 1. The third-order valence-electron chi connectivity index (χ3n) is 6.86. The van der Waals surface area contributed by atoms with E-state index in [9.17, 15) is 13.2 Å². The molecule has 4 bridgehead atoms. The first kappa shape index (κ1) is 28.1. The van der Waals surface area contributed by atoms with Crippen molar-refractivity contribution < 1.29 is 30.7 Å². The van der Waals surface area contributed by atoms with E-state index in [4.69, 9.17) is 13.0 Å². The molecule has 4 aliphatic rings. The summed E-state index contributed by atoms with van der Waals surface area (Å²) in [4.78, 5) is 0. The third kappa shape index (κ3) is 6.14. The molecule has 0 saturated carbocycles.